The molecule has 35 heavy (non-hydrogen) atoms. The third kappa shape index (κ3) is 2.96. The van der Waals surface area contributed by atoms with E-state index in [1.165, 1.54) is 5.57 Å². The van der Waals surface area contributed by atoms with Crippen LogP contribution in [0.1, 0.15) is 99.3 Å². The number of methoxy groups -OCH3 is 1. The minimum absolute atomic E-state index is 0.0141. The number of carbonyl (C=O) groups is 1. The van der Waals surface area contributed by atoms with Crippen molar-refractivity contribution in [1.82, 2.24) is 0 Å². The molecule has 0 saturated heterocycles. The molecule has 0 aliphatic heterocycles. The lowest BCUT2D eigenvalue weighted by Crippen LogP contribution is -2.71. The van der Waals surface area contributed by atoms with Gasteiger partial charge in [0.1, 0.15) is 0 Å². The number of ether oxygens (including phenoxy) is 1. The van der Waals surface area contributed by atoms with Gasteiger partial charge in [0.2, 0.25) is 0 Å². The summed E-state index contributed by atoms with van der Waals surface area (Å²) in [6.07, 6.45) is 7.96. The summed E-state index contributed by atoms with van der Waals surface area (Å²) in [6, 6.07) is 0. The van der Waals surface area contributed by atoms with Gasteiger partial charge in [-0.1, -0.05) is 46.8 Å². The highest BCUT2D eigenvalue weighted by molar-refractivity contribution is 5.78. The third-order valence-electron chi connectivity index (χ3n) is 13.7. The summed E-state index contributed by atoms with van der Waals surface area (Å²) in [5.74, 6) is 1.72. The standard InChI is InChI=1S/C31H50O4/c1-18(2)19-11-14-31(26(34)35-8)16-15-29(6)20(25(19)31)9-10-21-28(5)13-12-23(32)27(3,4)22(28)17-24(33)30(21,29)7/h19-25,32-33H,1,9-17H2,2-8H3. The van der Waals surface area contributed by atoms with Crippen LogP contribution in [-0.4, -0.2) is 35.5 Å². The normalized spacial score (nSPS) is 54.6. The van der Waals surface area contributed by atoms with Crippen LogP contribution >= 0.6 is 0 Å². The Bertz CT molecular complexity index is 910. The van der Waals surface area contributed by atoms with Gasteiger partial charge in [-0.3, -0.25) is 4.79 Å². The van der Waals surface area contributed by atoms with Crippen LogP contribution in [0.2, 0.25) is 0 Å². The van der Waals surface area contributed by atoms with E-state index >= 15 is 0 Å². The van der Waals surface area contributed by atoms with Crippen molar-refractivity contribution in [2.75, 3.05) is 7.11 Å². The van der Waals surface area contributed by atoms with Crippen LogP contribution in [0.4, 0.5) is 0 Å². The van der Waals surface area contributed by atoms with Crippen LogP contribution in [0, 0.1) is 56.7 Å². The minimum Gasteiger partial charge on any atom is -0.469 e. The second-order valence-corrected chi connectivity index (χ2v) is 14.8. The second kappa shape index (κ2) is 7.82. The maximum absolute atomic E-state index is 13.4. The maximum atomic E-state index is 13.4. The van der Waals surface area contributed by atoms with Crippen LogP contribution < -0.4 is 0 Å². The van der Waals surface area contributed by atoms with E-state index in [1.807, 2.05) is 0 Å². The number of esters is 1. The van der Waals surface area contributed by atoms with Crippen LogP contribution in [0.3, 0.4) is 0 Å². The first-order valence-electron chi connectivity index (χ1n) is 14.3. The molecule has 0 aromatic carbocycles. The molecule has 0 spiro atoms. The molecule has 11 atom stereocenters. The van der Waals surface area contributed by atoms with Gasteiger partial charge >= 0.3 is 5.97 Å². The first kappa shape index (κ1) is 25.8. The SMILES string of the molecule is C=C(C)C1CCC2(C(=O)OC)CCC3(C)C(CCC4C5(C)CCC(O)C(C)(C)C5CC(O)C43C)C12. The van der Waals surface area contributed by atoms with Gasteiger partial charge in [-0.25, -0.2) is 0 Å². The molecule has 0 aromatic rings. The Morgan fingerprint density at radius 3 is 2.20 bits per heavy atom. The van der Waals surface area contributed by atoms with Gasteiger partial charge in [0.05, 0.1) is 24.7 Å². The fourth-order valence-electron chi connectivity index (χ4n) is 11.6. The molecule has 2 N–H and O–H groups in total. The van der Waals surface area contributed by atoms with Crippen molar-refractivity contribution in [2.24, 2.45) is 56.7 Å². The molecule has 5 rings (SSSR count). The highest BCUT2D eigenvalue weighted by atomic mass is 16.5. The largest absolute Gasteiger partial charge is 0.469 e. The van der Waals surface area contributed by atoms with E-state index in [2.05, 4.69) is 48.1 Å². The van der Waals surface area contributed by atoms with Crippen molar-refractivity contribution in [3.05, 3.63) is 12.2 Å². The summed E-state index contributed by atoms with van der Waals surface area (Å²) in [5, 5.41) is 23.0. The lowest BCUT2D eigenvalue weighted by molar-refractivity contribution is -0.283. The van der Waals surface area contributed by atoms with Gasteiger partial charge in [-0.15, -0.1) is 0 Å². The van der Waals surface area contributed by atoms with Crippen molar-refractivity contribution >= 4 is 5.97 Å². The molecule has 5 aliphatic rings. The maximum Gasteiger partial charge on any atom is 0.312 e. The fraction of sp³-hybridized carbons (Fsp3) is 0.903. The average molecular weight is 487 g/mol. The van der Waals surface area contributed by atoms with E-state index in [0.717, 1.165) is 57.8 Å². The van der Waals surface area contributed by atoms with Crippen LogP contribution in [0.15, 0.2) is 12.2 Å². The average Bonchev–Trinajstić information content (AvgIpc) is 3.20. The zero-order valence-electron chi connectivity index (χ0n) is 23.3. The number of fused-ring (bicyclic) bond motifs is 7. The molecule has 11 unspecified atom stereocenters. The van der Waals surface area contributed by atoms with Crippen molar-refractivity contribution in [3.63, 3.8) is 0 Å². The summed E-state index contributed by atoms with van der Waals surface area (Å²) >= 11 is 0. The summed E-state index contributed by atoms with van der Waals surface area (Å²) < 4.78 is 5.47. The molecule has 4 nitrogen and oxygen atoms in total. The Morgan fingerprint density at radius 2 is 1.57 bits per heavy atom. The first-order chi connectivity index (χ1) is 16.2. The topological polar surface area (TPSA) is 66.8 Å². The third-order valence-corrected chi connectivity index (χ3v) is 13.7. The first-order valence-corrected chi connectivity index (χ1v) is 14.3. The number of rotatable bonds is 2. The zero-order valence-corrected chi connectivity index (χ0v) is 23.3. The summed E-state index contributed by atoms with van der Waals surface area (Å²) in [4.78, 5) is 13.4. The minimum atomic E-state index is -0.394. The smallest absolute Gasteiger partial charge is 0.312 e. The van der Waals surface area contributed by atoms with Crippen LogP contribution in [0.25, 0.3) is 0 Å². The fourth-order valence-corrected chi connectivity index (χ4v) is 11.6. The molecule has 0 bridgehead atoms. The highest BCUT2D eigenvalue weighted by Crippen LogP contribution is 2.77. The predicted octanol–water partition coefficient (Wildman–Crippen LogP) is 6.15. The van der Waals surface area contributed by atoms with Crippen LogP contribution in [-0.2, 0) is 9.53 Å². The number of hydrogen-bond acceptors (Lipinski definition) is 4. The summed E-state index contributed by atoms with van der Waals surface area (Å²) in [7, 11) is 1.55. The molecule has 4 heteroatoms. The molecule has 0 aromatic heterocycles. The van der Waals surface area contributed by atoms with E-state index in [9.17, 15) is 15.0 Å². The predicted molar refractivity (Wildman–Crippen MR) is 138 cm³/mol. The molecule has 198 valence electrons. The summed E-state index contributed by atoms with van der Waals surface area (Å²) in [5.41, 5.74) is 0.500. The number of aliphatic hydroxyl groups excluding tert-OH is 2. The monoisotopic (exact) mass is 486 g/mol. The van der Waals surface area contributed by atoms with Gasteiger partial charge < -0.3 is 14.9 Å². The van der Waals surface area contributed by atoms with Crippen molar-refractivity contribution in [3.8, 4) is 0 Å². The lowest BCUT2D eigenvalue weighted by atomic mass is 9.31. The van der Waals surface area contributed by atoms with Crippen molar-refractivity contribution in [2.45, 2.75) is 112 Å². The van der Waals surface area contributed by atoms with Crippen LogP contribution in [0.5, 0.6) is 0 Å². The second-order valence-electron chi connectivity index (χ2n) is 14.8. The molecule has 0 amide bonds. The quantitative estimate of drug-likeness (QED) is 0.363. The molecular weight excluding hydrogens is 436 g/mol. The number of aliphatic hydroxyl groups is 2. The van der Waals surface area contributed by atoms with Gasteiger partial charge in [0.15, 0.2) is 0 Å². The van der Waals surface area contributed by atoms with Crippen molar-refractivity contribution < 1.29 is 19.7 Å². The van der Waals surface area contributed by atoms with Crippen molar-refractivity contribution in [1.29, 1.82) is 0 Å². The van der Waals surface area contributed by atoms with E-state index in [1.54, 1.807) is 7.11 Å². The van der Waals surface area contributed by atoms with Gasteiger partial charge in [-0.05, 0) is 111 Å². The number of hydrogen-bond donors (Lipinski definition) is 2. The number of carbonyl (C=O) groups excluding carboxylic acids is 1. The van der Waals surface area contributed by atoms with E-state index in [0.29, 0.717) is 23.7 Å². The molecule has 0 radical (unpaired) electrons. The van der Waals surface area contributed by atoms with Gasteiger partial charge in [-0.2, -0.15) is 0 Å². The Labute approximate surface area is 213 Å². The Morgan fingerprint density at radius 1 is 0.886 bits per heavy atom. The molecule has 0 heterocycles. The molecular formula is C31H50O4. The van der Waals surface area contributed by atoms with Gasteiger partial charge in [0.25, 0.3) is 0 Å². The molecule has 5 aliphatic carbocycles. The van der Waals surface area contributed by atoms with E-state index in [4.69, 9.17) is 4.74 Å². The lowest BCUT2D eigenvalue weighted by Gasteiger charge is -2.73. The Balaban J connectivity index is 1.60. The zero-order chi connectivity index (χ0) is 25.8. The molecule has 5 saturated carbocycles. The Hall–Kier alpha value is -0.870. The van der Waals surface area contributed by atoms with E-state index < -0.39 is 11.5 Å². The Kier molecular flexibility index (Phi) is 5.76. The summed E-state index contributed by atoms with van der Waals surface area (Å²) in [6.45, 7) is 18.3. The number of allylic oxidation sites excluding steroid dienone is 1. The molecule has 5 fully saturated rings. The van der Waals surface area contributed by atoms with Gasteiger partial charge in [0, 0.05) is 5.41 Å². The highest BCUT2D eigenvalue weighted by Gasteiger charge is 2.74. The van der Waals surface area contributed by atoms with E-state index in [-0.39, 0.29) is 39.7 Å².